The fourth-order valence-electron chi connectivity index (χ4n) is 1.95. The van der Waals surface area contributed by atoms with Crippen molar-refractivity contribution in [1.82, 2.24) is 5.32 Å². The molecule has 70 valence electrons. The van der Waals surface area contributed by atoms with Gasteiger partial charge < -0.3 is 5.32 Å². The molecule has 13 heavy (non-hydrogen) atoms. The van der Waals surface area contributed by atoms with E-state index < -0.39 is 0 Å². The van der Waals surface area contributed by atoms with Gasteiger partial charge in [0.2, 0.25) is 0 Å². The van der Waals surface area contributed by atoms with Gasteiger partial charge in [-0.3, -0.25) is 0 Å². The van der Waals surface area contributed by atoms with E-state index in [9.17, 15) is 0 Å². The molecule has 2 unspecified atom stereocenters. The molecule has 1 N–H and O–H groups in total. The van der Waals surface area contributed by atoms with Gasteiger partial charge in [-0.15, -0.1) is 0 Å². The zero-order valence-corrected chi connectivity index (χ0v) is 8.51. The standard InChI is InChI=1S/C11H14ClN/c1-8-5-10(7-13-8)9-3-2-4-11(12)6-9/h2-4,6,8,10,13H,5,7H2,1H3. The summed E-state index contributed by atoms with van der Waals surface area (Å²) in [7, 11) is 0. The molecule has 1 fully saturated rings. The summed E-state index contributed by atoms with van der Waals surface area (Å²) in [5.74, 6) is 0.647. The van der Waals surface area contributed by atoms with Crippen molar-refractivity contribution in [2.75, 3.05) is 6.54 Å². The molecular formula is C11H14ClN. The van der Waals surface area contributed by atoms with E-state index in [-0.39, 0.29) is 0 Å². The van der Waals surface area contributed by atoms with Crippen LogP contribution in [-0.2, 0) is 0 Å². The molecular weight excluding hydrogens is 182 g/mol. The molecule has 0 saturated carbocycles. The molecule has 0 aromatic heterocycles. The lowest BCUT2D eigenvalue weighted by atomic mass is 9.97. The topological polar surface area (TPSA) is 12.0 Å². The summed E-state index contributed by atoms with van der Waals surface area (Å²) in [4.78, 5) is 0. The van der Waals surface area contributed by atoms with Crippen LogP contribution in [0.5, 0.6) is 0 Å². The molecule has 0 spiro atoms. The van der Waals surface area contributed by atoms with E-state index >= 15 is 0 Å². The highest BCUT2D eigenvalue weighted by Gasteiger charge is 2.21. The second kappa shape index (κ2) is 3.69. The van der Waals surface area contributed by atoms with Crippen molar-refractivity contribution in [2.24, 2.45) is 0 Å². The fourth-order valence-corrected chi connectivity index (χ4v) is 2.15. The third-order valence-electron chi connectivity index (χ3n) is 2.67. The van der Waals surface area contributed by atoms with E-state index in [4.69, 9.17) is 11.6 Å². The number of halogens is 1. The Balaban J connectivity index is 2.16. The van der Waals surface area contributed by atoms with Gasteiger partial charge >= 0.3 is 0 Å². The zero-order valence-electron chi connectivity index (χ0n) is 7.76. The third-order valence-corrected chi connectivity index (χ3v) is 2.91. The Labute approximate surface area is 84.1 Å². The van der Waals surface area contributed by atoms with E-state index in [0.717, 1.165) is 11.6 Å². The Morgan fingerprint density at radius 2 is 2.31 bits per heavy atom. The van der Waals surface area contributed by atoms with Gasteiger partial charge in [0.15, 0.2) is 0 Å². The molecule has 0 amide bonds. The molecule has 1 aliphatic heterocycles. The Kier molecular flexibility index (Phi) is 2.56. The van der Waals surface area contributed by atoms with Gasteiger partial charge in [-0.2, -0.15) is 0 Å². The van der Waals surface area contributed by atoms with Crippen molar-refractivity contribution in [3.8, 4) is 0 Å². The molecule has 0 bridgehead atoms. The minimum absolute atomic E-state index is 0.643. The first-order valence-electron chi connectivity index (χ1n) is 4.74. The second-order valence-corrected chi connectivity index (χ2v) is 4.23. The van der Waals surface area contributed by atoms with E-state index in [0.29, 0.717) is 12.0 Å². The van der Waals surface area contributed by atoms with Crippen LogP contribution in [0.1, 0.15) is 24.8 Å². The van der Waals surface area contributed by atoms with Gasteiger partial charge in [-0.25, -0.2) is 0 Å². The Morgan fingerprint density at radius 1 is 1.46 bits per heavy atom. The van der Waals surface area contributed by atoms with Crippen molar-refractivity contribution in [2.45, 2.75) is 25.3 Å². The lowest BCUT2D eigenvalue weighted by Gasteiger charge is -2.08. The SMILES string of the molecule is CC1CC(c2cccc(Cl)c2)CN1. The number of rotatable bonds is 1. The van der Waals surface area contributed by atoms with Crippen molar-refractivity contribution in [3.63, 3.8) is 0 Å². The maximum atomic E-state index is 5.94. The van der Waals surface area contributed by atoms with Gasteiger partial charge in [-0.1, -0.05) is 23.7 Å². The van der Waals surface area contributed by atoms with Crippen molar-refractivity contribution < 1.29 is 0 Å². The van der Waals surface area contributed by atoms with Crippen LogP contribution in [0.4, 0.5) is 0 Å². The first-order valence-corrected chi connectivity index (χ1v) is 5.12. The predicted molar refractivity (Wildman–Crippen MR) is 56.3 cm³/mol. The van der Waals surface area contributed by atoms with E-state index in [2.05, 4.69) is 24.4 Å². The van der Waals surface area contributed by atoms with Gasteiger partial charge in [0.25, 0.3) is 0 Å². The quantitative estimate of drug-likeness (QED) is 0.727. The molecule has 1 aromatic carbocycles. The second-order valence-electron chi connectivity index (χ2n) is 3.80. The molecule has 1 aliphatic rings. The number of hydrogen-bond acceptors (Lipinski definition) is 1. The van der Waals surface area contributed by atoms with Crippen LogP contribution in [0, 0.1) is 0 Å². The first kappa shape index (κ1) is 9.04. The summed E-state index contributed by atoms with van der Waals surface area (Å²) < 4.78 is 0. The van der Waals surface area contributed by atoms with Crippen molar-refractivity contribution in [3.05, 3.63) is 34.9 Å². The van der Waals surface area contributed by atoms with Gasteiger partial charge in [0, 0.05) is 17.6 Å². The molecule has 2 heteroatoms. The minimum Gasteiger partial charge on any atom is -0.314 e. The van der Waals surface area contributed by atoms with Gasteiger partial charge in [-0.05, 0) is 37.0 Å². The van der Waals surface area contributed by atoms with Crippen molar-refractivity contribution >= 4 is 11.6 Å². The number of hydrogen-bond donors (Lipinski definition) is 1. The van der Waals surface area contributed by atoms with Crippen LogP contribution < -0.4 is 5.32 Å². The first-order chi connectivity index (χ1) is 6.25. The molecule has 0 aliphatic carbocycles. The fraction of sp³-hybridized carbons (Fsp3) is 0.455. The highest BCUT2D eigenvalue weighted by molar-refractivity contribution is 6.30. The Bertz CT molecular complexity index is 298. The zero-order chi connectivity index (χ0) is 9.26. The predicted octanol–water partition coefficient (Wildman–Crippen LogP) is 2.81. The van der Waals surface area contributed by atoms with Crippen LogP contribution in [0.25, 0.3) is 0 Å². The normalized spacial score (nSPS) is 27.8. The monoisotopic (exact) mass is 195 g/mol. The summed E-state index contributed by atoms with van der Waals surface area (Å²) >= 11 is 5.94. The van der Waals surface area contributed by atoms with Crippen LogP contribution >= 0.6 is 11.6 Å². The highest BCUT2D eigenvalue weighted by atomic mass is 35.5. The van der Waals surface area contributed by atoms with E-state index in [1.54, 1.807) is 0 Å². The third kappa shape index (κ3) is 2.04. The molecule has 1 saturated heterocycles. The molecule has 1 nitrogen and oxygen atoms in total. The minimum atomic E-state index is 0.643. The Hall–Kier alpha value is -0.530. The largest absolute Gasteiger partial charge is 0.314 e. The van der Waals surface area contributed by atoms with Crippen LogP contribution in [0.3, 0.4) is 0 Å². The molecule has 0 radical (unpaired) electrons. The molecule has 1 heterocycles. The summed E-state index contributed by atoms with van der Waals surface area (Å²) in [6.45, 7) is 3.31. The maximum absolute atomic E-state index is 5.94. The molecule has 2 rings (SSSR count). The summed E-state index contributed by atoms with van der Waals surface area (Å²) in [5.41, 5.74) is 1.37. The Morgan fingerprint density at radius 3 is 2.92 bits per heavy atom. The smallest absolute Gasteiger partial charge is 0.0408 e. The van der Waals surface area contributed by atoms with Crippen LogP contribution in [-0.4, -0.2) is 12.6 Å². The maximum Gasteiger partial charge on any atom is 0.0408 e. The van der Waals surface area contributed by atoms with Crippen LogP contribution in [0.2, 0.25) is 5.02 Å². The van der Waals surface area contributed by atoms with Gasteiger partial charge in [0.05, 0.1) is 0 Å². The summed E-state index contributed by atoms with van der Waals surface area (Å²) in [5, 5.41) is 4.29. The highest BCUT2D eigenvalue weighted by Crippen LogP contribution is 2.26. The van der Waals surface area contributed by atoms with Crippen molar-refractivity contribution in [1.29, 1.82) is 0 Å². The van der Waals surface area contributed by atoms with E-state index in [1.165, 1.54) is 12.0 Å². The molecule has 2 atom stereocenters. The lowest BCUT2D eigenvalue weighted by molar-refractivity contribution is 0.658. The number of benzene rings is 1. The van der Waals surface area contributed by atoms with Crippen LogP contribution in [0.15, 0.2) is 24.3 Å². The average Bonchev–Trinajstić information content (AvgIpc) is 2.52. The number of nitrogens with one attached hydrogen (secondary N) is 1. The average molecular weight is 196 g/mol. The van der Waals surface area contributed by atoms with E-state index in [1.807, 2.05) is 12.1 Å². The lowest BCUT2D eigenvalue weighted by Crippen LogP contribution is -2.16. The summed E-state index contributed by atoms with van der Waals surface area (Å²) in [6.07, 6.45) is 1.22. The van der Waals surface area contributed by atoms with Gasteiger partial charge in [0.1, 0.15) is 0 Å². The summed E-state index contributed by atoms with van der Waals surface area (Å²) in [6, 6.07) is 8.84. The molecule has 1 aromatic rings.